The van der Waals surface area contributed by atoms with Crippen LogP contribution in [0.2, 0.25) is 0 Å². The Morgan fingerprint density at radius 2 is 2.00 bits per heavy atom. The molecule has 0 fully saturated rings. The minimum atomic E-state index is -0.226. The Morgan fingerprint density at radius 1 is 1.21 bits per heavy atom. The predicted octanol–water partition coefficient (Wildman–Crippen LogP) is 1.84. The van der Waals surface area contributed by atoms with E-state index in [-0.39, 0.29) is 5.91 Å². The molecule has 0 aliphatic rings. The topological polar surface area (TPSA) is 66.9 Å². The van der Waals surface area contributed by atoms with Gasteiger partial charge in [-0.3, -0.25) is 9.78 Å². The first-order valence-corrected chi connectivity index (χ1v) is 6.17. The molecule has 0 atom stereocenters. The fraction of sp³-hybridized carbons (Fsp3) is 0.214. The van der Waals surface area contributed by atoms with Crippen LogP contribution in [0.1, 0.15) is 23.0 Å². The van der Waals surface area contributed by atoms with Crippen molar-refractivity contribution in [2.45, 2.75) is 13.5 Å². The van der Waals surface area contributed by atoms with E-state index in [1.165, 1.54) is 6.20 Å². The molecule has 5 nitrogen and oxygen atoms in total. The summed E-state index contributed by atoms with van der Waals surface area (Å²) in [6, 6.07) is 9.74. The van der Waals surface area contributed by atoms with Gasteiger partial charge in [-0.05, 0) is 12.5 Å². The van der Waals surface area contributed by atoms with E-state index < -0.39 is 0 Å². The average Bonchev–Trinajstić information content (AvgIpc) is 2.46. The summed E-state index contributed by atoms with van der Waals surface area (Å²) in [5.74, 6) is 0.381. The number of carbonyl (C=O) groups excluding carboxylic acids is 1. The van der Waals surface area contributed by atoms with Crippen molar-refractivity contribution in [3.63, 3.8) is 0 Å². The predicted molar refractivity (Wildman–Crippen MR) is 73.8 cm³/mol. The van der Waals surface area contributed by atoms with E-state index in [9.17, 15) is 4.79 Å². The highest BCUT2D eigenvalue weighted by molar-refractivity contribution is 5.92. The lowest BCUT2D eigenvalue weighted by Crippen LogP contribution is -2.24. The van der Waals surface area contributed by atoms with E-state index in [0.29, 0.717) is 18.1 Å². The van der Waals surface area contributed by atoms with Crippen molar-refractivity contribution in [2.75, 3.05) is 11.9 Å². The Hall–Kier alpha value is -2.43. The lowest BCUT2D eigenvalue weighted by atomic mass is 10.2. The van der Waals surface area contributed by atoms with Crippen LogP contribution < -0.4 is 10.6 Å². The van der Waals surface area contributed by atoms with Crippen molar-refractivity contribution in [3.05, 3.63) is 54.0 Å². The van der Waals surface area contributed by atoms with Crippen LogP contribution in [0.15, 0.2) is 42.7 Å². The van der Waals surface area contributed by atoms with Gasteiger partial charge < -0.3 is 10.6 Å². The van der Waals surface area contributed by atoms with Crippen molar-refractivity contribution in [2.24, 2.45) is 0 Å². The number of hydrogen-bond donors (Lipinski definition) is 2. The van der Waals surface area contributed by atoms with Crippen molar-refractivity contribution in [1.29, 1.82) is 0 Å². The highest BCUT2D eigenvalue weighted by Gasteiger charge is 2.08. The number of aromatic nitrogens is 2. The number of nitrogens with one attached hydrogen (secondary N) is 2. The summed E-state index contributed by atoms with van der Waals surface area (Å²) < 4.78 is 0. The summed E-state index contributed by atoms with van der Waals surface area (Å²) in [4.78, 5) is 20.1. The zero-order valence-electron chi connectivity index (χ0n) is 10.8. The van der Waals surface area contributed by atoms with Crippen LogP contribution in [0.5, 0.6) is 0 Å². The molecule has 2 aromatic rings. The molecule has 1 heterocycles. The molecular formula is C14H16N4O. The Bertz CT molecular complexity index is 542. The molecule has 0 aliphatic carbocycles. The highest BCUT2D eigenvalue weighted by Crippen LogP contribution is 2.03. The molecule has 2 rings (SSSR count). The largest absolute Gasteiger partial charge is 0.369 e. The molecular weight excluding hydrogens is 240 g/mol. The molecule has 1 amide bonds. The smallest absolute Gasteiger partial charge is 0.271 e. The van der Waals surface area contributed by atoms with E-state index in [0.717, 1.165) is 12.1 Å². The van der Waals surface area contributed by atoms with Gasteiger partial charge in [-0.2, -0.15) is 0 Å². The first-order chi connectivity index (χ1) is 9.29. The quantitative estimate of drug-likeness (QED) is 0.856. The number of nitrogens with zero attached hydrogens (tertiary/aromatic N) is 2. The van der Waals surface area contributed by atoms with E-state index in [4.69, 9.17) is 0 Å². The Balaban J connectivity index is 1.98. The molecule has 0 saturated heterocycles. The zero-order valence-corrected chi connectivity index (χ0v) is 10.8. The summed E-state index contributed by atoms with van der Waals surface area (Å²) in [7, 11) is 0. The summed E-state index contributed by atoms with van der Waals surface area (Å²) in [5.41, 5.74) is 1.36. The molecule has 0 saturated carbocycles. The van der Waals surface area contributed by atoms with Crippen LogP contribution in [0.3, 0.4) is 0 Å². The van der Waals surface area contributed by atoms with Gasteiger partial charge in [0.15, 0.2) is 0 Å². The van der Waals surface area contributed by atoms with Gasteiger partial charge in [0.2, 0.25) is 0 Å². The van der Waals surface area contributed by atoms with E-state index in [2.05, 4.69) is 20.6 Å². The lowest BCUT2D eigenvalue weighted by Gasteiger charge is -2.06. The van der Waals surface area contributed by atoms with E-state index in [1.54, 1.807) is 6.20 Å². The van der Waals surface area contributed by atoms with Gasteiger partial charge >= 0.3 is 0 Å². The molecule has 1 aromatic carbocycles. The Labute approximate surface area is 112 Å². The fourth-order valence-electron chi connectivity index (χ4n) is 1.61. The maximum atomic E-state index is 11.9. The third-order valence-corrected chi connectivity index (χ3v) is 2.52. The molecule has 0 unspecified atom stereocenters. The van der Waals surface area contributed by atoms with E-state index in [1.807, 2.05) is 37.3 Å². The third-order valence-electron chi connectivity index (χ3n) is 2.52. The number of carbonyl (C=O) groups is 1. The fourth-order valence-corrected chi connectivity index (χ4v) is 1.61. The first-order valence-electron chi connectivity index (χ1n) is 6.17. The molecule has 2 N–H and O–H groups in total. The van der Waals surface area contributed by atoms with Gasteiger partial charge in [-0.15, -0.1) is 0 Å². The van der Waals surface area contributed by atoms with Crippen LogP contribution in [-0.4, -0.2) is 22.4 Å². The second-order valence-electron chi connectivity index (χ2n) is 3.99. The van der Waals surface area contributed by atoms with Gasteiger partial charge in [0, 0.05) is 13.1 Å². The monoisotopic (exact) mass is 256 g/mol. The molecule has 0 spiro atoms. The Kier molecular flexibility index (Phi) is 4.44. The third kappa shape index (κ3) is 3.77. The molecule has 5 heteroatoms. The molecule has 0 aliphatic heterocycles. The molecule has 0 bridgehead atoms. The maximum absolute atomic E-state index is 11.9. The highest BCUT2D eigenvalue weighted by atomic mass is 16.1. The molecule has 1 aromatic heterocycles. The zero-order chi connectivity index (χ0) is 13.5. The summed E-state index contributed by atoms with van der Waals surface area (Å²) >= 11 is 0. The van der Waals surface area contributed by atoms with Crippen molar-refractivity contribution in [3.8, 4) is 0 Å². The summed E-state index contributed by atoms with van der Waals surface area (Å²) in [6.45, 7) is 3.18. The molecule has 19 heavy (non-hydrogen) atoms. The van der Waals surface area contributed by atoms with E-state index >= 15 is 0 Å². The maximum Gasteiger partial charge on any atom is 0.271 e. The normalized spacial score (nSPS) is 9.95. The van der Waals surface area contributed by atoms with Crippen LogP contribution in [0.4, 0.5) is 5.82 Å². The minimum Gasteiger partial charge on any atom is -0.369 e. The number of anilines is 1. The first kappa shape index (κ1) is 13.0. The van der Waals surface area contributed by atoms with Gasteiger partial charge in [-0.1, -0.05) is 30.3 Å². The van der Waals surface area contributed by atoms with Crippen LogP contribution in [0, 0.1) is 0 Å². The number of hydrogen-bond acceptors (Lipinski definition) is 4. The van der Waals surface area contributed by atoms with Crippen LogP contribution >= 0.6 is 0 Å². The summed E-state index contributed by atoms with van der Waals surface area (Å²) in [6.07, 6.45) is 3.05. The van der Waals surface area contributed by atoms with Gasteiger partial charge in [-0.25, -0.2) is 4.98 Å². The minimum absolute atomic E-state index is 0.226. The van der Waals surface area contributed by atoms with Crippen molar-refractivity contribution in [1.82, 2.24) is 15.3 Å². The molecule has 0 radical (unpaired) electrons. The van der Waals surface area contributed by atoms with Gasteiger partial charge in [0.05, 0.1) is 12.4 Å². The Morgan fingerprint density at radius 3 is 2.74 bits per heavy atom. The standard InChI is InChI=1S/C14H16N4O/c1-2-16-13-10-15-9-12(18-13)14(19)17-8-11-6-4-3-5-7-11/h3-7,9-10H,2,8H2,1H3,(H,16,18)(H,17,19). The molecule has 98 valence electrons. The number of rotatable bonds is 5. The lowest BCUT2D eigenvalue weighted by molar-refractivity contribution is 0.0945. The average molecular weight is 256 g/mol. The number of benzene rings is 1. The van der Waals surface area contributed by atoms with Crippen LogP contribution in [0.25, 0.3) is 0 Å². The van der Waals surface area contributed by atoms with Gasteiger partial charge in [0.1, 0.15) is 11.5 Å². The summed E-state index contributed by atoms with van der Waals surface area (Å²) in [5, 5.41) is 5.84. The second-order valence-corrected chi connectivity index (χ2v) is 3.99. The number of amides is 1. The second kappa shape index (κ2) is 6.49. The van der Waals surface area contributed by atoms with Crippen molar-refractivity contribution >= 4 is 11.7 Å². The van der Waals surface area contributed by atoms with Crippen molar-refractivity contribution < 1.29 is 4.79 Å². The van der Waals surface area contributed by atoms with Crippen LogP contribution in [-0.2, 0) is 6.54 Å². The SMILES string of the molecule is CCNc1cncc(C(=O)NCc2ccccc2)n1. The van der Waals surface area contributed by atoms with Gasteiger partial charge in [0.25, 0.3) is 5.91 Å².